The molecule has 0 aliphatic heterocycles. The molecule has 0 aliphatic rings. The molecule has 0 heterocycles. The van der Waals surface area contributed by atoms with Gasteiger partial charge >= 0.3 is 0 Å². The largest absolute Gasteiger partial charge is 0.328 e. The van der Waals surface area contributed by atoms with Gasteiger partial charge in [-0.25, -0.2) is 0 Å². The highest BCUT2D eigenvalue weighted by Crippen LogP contribution is 2.32. The molecule has 1 atom stereocenters. The van der Waals surface area contributed by atoms with Gasteiger partial charge in [0.15, 0.2) is 0 Å². The Labute approximate surface area is 100 Å². The molecule has 0 aromatic heterocycles. The van der Waals surface area contributed by atoms with E-state index in [1.807, 2.05) is 0 Å². The fourth-order valence-electron chi connectivity index (χ4n) is 2.60. The number of benzene rings is 1. The van der Waals surface area contributed by atoms with Crippen LogP contribution in [0, 0.1) is 20.8 Å². The van der Waals surface area contributed by atoms with Gasteiger partial charge in [-0.3, -0.25) is 0 Å². The predicted molar refractivity (Wildman–Crippen MR) is 71.9 cm³/mol. The minimum absolute atomic E-state index is 0.163. The fourth-order valence-corrected chi connectivity index (χ4v) is 2.60. The minimum atomic E-state index is 0.163. The van der Waals surface area contributed by atoms with Crippen LogP contribution in [0.5, 0.6) is 0 Å². The van der Waals surface area contributed by atoms with Crippen molar-refractivity contribution in [2.45, 2.75) is 59.4 Å². The molecule has 1 aromatic rings. The van der Waals surface area contributed by atoms with E-state index in [1.54, 1.807) is 0 Å². The van der Waals surface area contributed by atoms with Gasteiger partial charge in [0.1, 0.15) is 0 Å². The fraction of sp³-hybridized carbons (Fsp3) is 0.600. The number of nitrogens with two attached hydrogens (primary N) is 1. The predicted octanol–water partition coefficient (Wildman–Crippen LogP) is 3.63. The highest BCUT2D eigenvalue weighted by Gasteiger charge is 2.24. The van der Waals surface area contributed by atoms with E-state index in [0.717, 1.165) is 6.42 Å². The molecule has 0 saturated carbocycles. The SMILES string of the molecule is Cc1cc(C)c(C(C)(C)CC(C)N)cc1C. The Hall–Kier alpha value is -0.820. The molecule has 1 nitrogen and oxygen atoms in total. The number of hydrogen-bond donors (Lipinski definition) is 1. The number of rotatable bonds is 3. The molecule has 0 bridgehead atoms. The third-order valence-electron chi connectivity index (χ3n) is 3.40. The first-order chi connectivity index (χ1) is 7.24. The van der Waals surface area contributed by atoms with Gasteiger partial charge in [-0.15, -0.1) is 0 Å². The monoisotopic (exact) mass is 219 g/mol. The highest BCUT2D eigenvalue weighted by atomic mass is 14.6. The van der Waals surface area contributed by atoms with Crippen molar-refractivity contribution in [1.82, 2.24) is 0 Å². The van der Waals surface area contributed by atoms with Crippen molar-refractivity contribution < 1.29 is 0 Å². The summed E-state index contributed by atoms with van der Waals surface area (Å²) >= 11 is 0. The van der Waals surface area contributed by atoms with Crippen LogP contribution in [-0.4, -0.2) is 6.04 Å². The summed E-state index contributed by atoms with van der Waals surface area (Å²) in [6, 6.07) is 4.86. The van der Waals surface area contributed by atoms with Crippen molar-refractivity contribution in [3.05, 3.63) is 34.4 Å². The summed E-state index contributed by atoms with van der Waals surface area (Å²) in [6.45, 7) is 13.2. The Morgan fingerprint density at radius 1 is 1.06 bits per heavy atom. The summed E-state index contributed by atoms with van der Waals surface area (Å²) < 4.78 is 0. The van der Waals surface area contributed by atoms with Crippen molar-refractivity contribution in [2.24, 2.45) is 5.73 Å². The average Bonchev–Trinajstić information content (AvgIpc) is 2.08. The van der Waals surface area contributed by atoms with Gasteiger partial charge in [0.25, 0.3) is 0 Å². The van der Waals surface area contributed by atoms with E-state index in [1.165, 1.54) is 22.3 Å². The summed E-state index contributed by atoms with van der Waals surface area (Å²) in [5, 5.41) is 0. The second-order valence-corrected chi connectivity index (χ2v) is 5.82. The molecule has 16 heavy (non-hydrogen) atoms. The molecule has 1 aromatic carbocycles. The van der Waals surface area contributed by atoms with Crippen LogP contribution in [0.15, 0.2) is 12.1 Å². The van der Waals surface area contributed by atoms with E-state index >= 15 is 0 Å². The molecule has 0 aliphatic carbocycles. The Balaban J connectivity index is 3.17. The summed E-state index contributed by atoms with van der Waals surface area (Å²) in [5.41, 5.74) is 11.7. The molecule has 0 spiro atoms. The van der Waals surface area contributed by atoms with Gasteiger partial charge in [0.05, 0.1) is 0 Å². The van der Waals surface area contributed by atoms with E-state index in [4.69, 9.17) is 5.73 Å². The maximum Gasteiger partial charge on any atom is 0.00187 e. The second-order valence-electron chi connectivity index (χ2n) is 5.82. The zero-order chi connectivity index (χ0) is 12.5. The molecular formula is C15H25N. The summed E-state index contributed by atoms with van der Waals surface area (Å²) in [7, 11) is 0. The topological polar surface area (TPSA) is 26.0 Å². The maximum atomic E-state index is 5.93. The molecule has 90 valence electrons. The van der Waals surface area contributed by atoms with Crippen LogP contribution in [-0.2, 0) is 5.41 Å². The molecule has 2 N–H and O–H groups in total. The first-order valence-corrected chi connectivity index (χ1v) is 6.08. The van der Waals surface area contributed by atoms with Crippen molar-refractivity contribution in [3.8, 4) is 0 Å². The van der Waals surface area contributed by atoms with E-state index in [9.17, 15) is 0 Å². The normalized spacial score (nSPS) is 13.9. The van der Waals surface area contributed by atoms with E-state index in [2.05, 4.69) is 53.7 Å². The Morgan fingerprint density at radius 2 is 1.56 bits per heavy atom. The Kier molecular flexibility index (Phi) is 3.80. The Bertz CT molecular complexity index is 375. The lowest BCUT2D eigenvalue weighted by Crippen LogP contribution is -2.29. The highest BCUT2D eigenvalue weighted by molar-refractivity contribution is 5.40. The van der Waals surface area contributed by atoms with Crippen molar-refractivity contribution in [2.75, 3.05) is 0 Å². The average molecular weight is 219 g/mol. The van der Waals surface area contributed by atoms with Crippen LogP contribution in [0.3, 0.4) is 0 Å². The van der Waals surface area contributed by atoms with E-state index in [-0.39, 0.29) is 11.5 Å². The van der Waals surface area contributed by atoms with Crippen LogP contribution in [0.4, 0.5) is 0 Å². The lowest BCUT2D eigenvalue weighted by Gasteiger charge is -2.29. The zero-order valence-electron chi connectivity index (χ0n) is 11.5. The molecule has 1 heteroatoms. The van der Waals surface area contributed by atoms with Crippen LogP contribution >= 0.6 is 0 Å². The summed E-state index contributed by atoms with van der Waals surface area (Å²) in [4.78, 5) is 0. The molecule has 1 rings (SSSR count). The Morgan fingerprint density at radius 3 is 2.06 bits per heavy atom. The van der Waals surface area contributed by atoms with Crippen molar-refractivity contribution in [3.63, 3.8) is 0 Å². The molecule has 0 fully saturated rings. The third kappa shape index (κ3) is 2.85. The molecule has 1 unspecified atom stereocenters. The van der Waals surface area contributed by atoms with Gasteiger partial charge < -0.3 is 5.73 Å². The lowest BCUT2D eigenvalue weighted by atomic mass is 9.76. The van der Waals surface area contributed by atoms with Crippen LogP contribution in [0.2, 0.25) is 0 Å². The van der Waals surface area contributed by atoms with Crippen LogP contribution in [0.25, 0.3) is 0 Å². The molecule has 0 radical (unpaired) electrons. The first kappa shape index (κ1) is 13.2. The van der Waals surface area contributed by atoms with E-state index < -0.39 is 0 Å². The summed E-state index contributed by atoms with van der Waals surface area (Å²) in [6.07, 6.45) is 1.02. The smallest absolute Gasteiger partial charge is 0.00187 e. The lowest BCUT2D eigenvalue weighted by molar-refractivity contribution is 0.435. The summed E-state index contributed by atoms with van der Waals surface area (Å²) in [5.74, 6) is 0. The van der Waals surface area contributed by atoms with Crippen molar-refractivity contribution in [1.29, 1.82) is 0 Å². The zero-order valence-corrected chi connectivity index (χ0v) is 11.5. The standard InChI is InChI=1S/C15H25N/c1-10-7-12(3)14(8-11(10)2)15(5,6)9-13(4)16/h7-8,13H,9,16H2,1-6H3. The molecular weight excluding hydrogens is 194 g/mol. The van der Waals surface area contributed by atoms with E-state index in [0.29, 0.717) is 0 Å². The number of hydrogen-bond acceptors (Lipinski definition) is 1. The van der Waals surface area contributed by atoms with Gasteiger partial charge in [-0.2, -0.15) is 0 Å². The van der Waals surface area contributed by atoms with Gasteiger partial charge in [0, 0.05) is 6.04 Å². The molecule has 0 saturated heterocycles. The second kappa shape index (κ2) is 4.58. The quantitative estimate of drug-likeness (QED) is 0.825. The minimum Gasteiger partial charge on any atom is -0.328 e. The van der Waals surface area contributed by atoms with Crippen molar-refractivity contribution >= 4 is 0 Å². The van der Waals surface area contributed by atoms with Crippen LogP contribution < -0.4 is 5.73 Å². The van der Waals surface area contributed by atoms with Crippen LogP contribution in [0.1, 0.15) is 49.4 Å². The van der Waals surface area contributed by atoms with Gasteiger partial charge in [0.2, 0.25) is 0 Å². The maximum absolute atomic E-state index is 5.93. The van der Waals surface area contributed by atoms with Gasteiger partial charge in [-0.1, -0.05) is 26.0 Å². The molecule has 0 amide bonds. The number of aryl methyl sites for hydroxylation is 3. The van der Waals surface area contributed by atoms with Gasteiger partial charge in [-0.05, 0) is 61.8 Å². The first-order valence-electron chi connectivity index (χ1n) is 6.08. The third-order valence-corrected chi connectivity index (χ3v) is 3.40.